The fourth-order valence-electron chi connectivity index (χ4n) is 1.28. The molecule has 0 fully saturated rings. The molecule has 0 aromatic rings. The van der Waals surface area contributed by atoms with Gasteiger partial charge in [0.2, 0.25) is 6.41 Å². The van der Waals surface area contributed by atoms with Crippen molar-refractivity contribution in [1.29, 1.82) is 0 Å². The number of carbonyl (C=O) groups is 2. The number of carboxylic acid groups (broad SMARTS) is 1. The van der Waals surface area contributed by atoms with Crippen molar-refractivity contribution in [1.82, 2.24) is 4.90 Å². The Hall–Kier alpha value is -0.970. The predicted octanol–water partition coefficient (Wildman–Crippen LogP) is 1.49. The Balaban J connectivity index is 2.91. The maximum absolute atomic E-state index is 10.8. The summed E-state index contributed by atoms with van der Waals surface area (Å²) < 4.78 is 0. The van der Waals surface area contributed by atoms with Crippen LogP contribution in [-0.2, 0) is 9.59 Å². The molecule has 0 bridgehead atoms. The number of hydrogen-bond acceptors (Lipinski definition) is 3. The predicted molar refractivity (Wildman–Crippen MR) is 54.5 cm³/mol. The van der Waals surface area contributed by atoms with Crippen molar-refractivity contribution in [3.63, 3.8) is 0 Å². The number of carboxylic acids is 1. The van der Waals surface area contributed by atoms with Crippen molar-refractivity contribution in [2.75, 3.05) is 0 Å². The van der Waals surface area contributed by atoms with E-state index in [9.17, 15) is 9.59 Å². The SMILES string of the molecule is CC(C)(C)C1SC=C(C(=O)O)N1C=O. The van der Waals surface area contributed by atoms with Crippen molar-refractivity contribution in [3.05, 3.63) is 11.1 Å². The summed E-state index contributed by atoms with van der Waals surface area (Å²) in [4.78, 5) is 22.8. The summed E-state index contributed by atoms with van der Waals surface area (Å²) in [6.45, 7) is 5.92. The van der Waals surface area contributed by atoms with Crippen LogP contribution in [0, 0.1) is 5.41 Å². The van der Waals surface area contributed by atoms with E-state index < -0.39 is 5.97 Å². The average Bonchev–Trinajstić information content (AvgIpc) is 2.45. The van der Waals surface area contributed by atoms with Gasteiger partial charge in [0.05, 0.1) is 5.37 Å². The van der Waals surface area contributed by atoms with Gasteiger partial charge in [-0.15, -0.1) is 11.8 Å². The van der Waals surface area contributed by atoms with Gasteiger partial charge in [-0.1, -0.05) is 20.8 Å². The quantitative estimate of drug-likeness (QED) is 0.709. The minimum atomic E-state index is -1.06. The van der Waals surface area contributed by atoms with Gasteiger partial charge in [0.1, 0.15) is 5.70 Å². The first-order valence-corrected chi connectivity index (χ1v) is 5.15. The van der Waals surface area contributed by atoms with Gasteiger partial charge in [-0.25, -0.2) is 4.79 Å². The van der Waals surface area contributed by atoms with Gasteiger partial charge >= 0.3 is 5.97 Å². The minimum absolute atomic E-state index is 0.0601. The number of aliphatic carboxylic acids is 1. The van der Waals surface area contributed by atoms with Crippen LogP contribution in [0.3, 0.4) is 0 Å². The summed E-state index contributed by atoms with van der Waals surface area (Å²) in [5.41, 5.74) is -0.0795. The highest BCUT2D eigenvalue weighted by atomic mass is 32.2. The van der Waals surface area contributed by atoms with E-state index in [0.29, 0.717) is 6.41 Å². The molecule has 1 heterocycles. The average molecular weight is 215 g/mol. The normalized spacial score (nSPS) is 22.1. The maximum atomic E-state index is 10.8. The van der Waals surface area contributed by atoms with Gasteiger partial charge < -0.3 is 5.11 Å². The topological polar surface area (TPSA) is 57.6 Å². The summed E-state index contributed by atoms with van der Waals surface area (Å²) in [5, 5.41) is 10.2. The van der Waals surface area contributed by atoms with E-state index in [-0.39, 0.29) is 16.5 Å². The Kier molecular flexibility index (Phi) is 2.89. The van der Waals surface area contributed by atoms with Crippen LogP contribution in [0.4, 0.5) is 0 Å². The Morgan fingerprint density at radius 3 is 2.57 bits per heavy atom. The second-order valence-electron chi connectivity index (χ2n) is 4.18. The van der Waals surface area contributed by atoms with Crippen molar-refractivity contribution >= 4 is 24.1 Å². The molecule has 78 valence electrons. The Labute approximate surface area is 87.0 Å². The molecule has 14 heavy (non-hydrogen) atoms. The molecule has 0 saturated heterocycles. The van der Waals surface area contributed by atoms with Gasteiger partial charge in [0, 0.05) is 5.41 Å². The highest BCUT2D eigenvalue weighted by Gasteiger charge is 2.38. The highest BCUT2D eigenvalue weighted by Crippen LogP contribution is 2.40. The van der Waals surface area contributed by atoms with Gasteiger partial charge in [0.25, 0.3) is 0 Å². The molecule has 0 spiro atoms. The van der Waals surface area contributed by atoms with Crippen LogP contribution in [0.2, 0.25) is 0 Å². The lowest BCUT2D eigenvalue weighted by Gasteiger charge is -2.32. The monoisotopic (exact) mass is 215 g/mol. The number of carbonyl (C=O) groups excluding carboxylic acids is 1. The van der Waals surface area contributed by atoms with Crippen molar-refractivity contribution < 1.29 is 14.7 Å². The first-order chi connectivity index (χ1) is 6.38. The number of amides is 1. The van der Waals surface area contributed by atoms with Crippen LogP contribution in [0.25, 0.3) is 0 Å². The fourth-order valence-corrected chi connectivity index (χ4v) is 2.46. The first kappa shape index (κ1) is 11.1. The maximum Gasteiger partial charge on any atom is 0.353 e. The molecule has 5 heteroatoms. The van der Waals surface area contributed by atoms with E-state index in [0.717, 1.165) is 0 Å². The van der Waals surface area contributed by atoms with E-state index in [1.807, 2.05) is 20.8 Å². The molecular formula is C9H13NO3S. The molecule has 0 aliphatic carbocycles. The van der Waals surface area contributed by atoms with Gasteiger partial charge in [-0.3, -0.25) is 9.69 Å². The van der Waals surface area contributed by atoms with Gasteiger partial charge in [-0.2, -0.15) is 0 Å². The van der Waals surface area contributed by atoms with E-state index >= 15 is 0 Å². The van der Waals surface area contributed by atoms with Crippen molar-refractivity contribution in [2.24, 2.45) is 5.41 Å². The third-order valence-corrected chi connectivity index (χ3v) is 3.46. The molecular weight excluding hydrogens is 202 g/mol. The lowest BCUT2D eigenvalue weighted by Crippen LogP contribution is -2.38. The summed E-state index contributed by atoms with van der Waals surface area (Å²) in [6.07, 6.45) is 0.579. The molecule has 0 aromatic heterocycles. The smallest absolute Gasteiger partial charge is 0.353 e. The van der Waals surface area contributed by atoms with Crippen LogP contribution in [0.1, 0.15) is 20.8 Å². The van der Waals surface area contributed by atoms with Crippen LogP contribution < -0.4 is 0 Å². The molecule has 0 saturated carbocycles. The van der Waals surface area contributed by atoms with E-state index in [4.69, 9.17) is 5.11 Å². The molecule has 1 unspecified atom stereocenters. The van der Waals surface area contributed by atoms with E-state index in [1.165, 1.54) is 22.1 Å². The molecule has 1 rings (SSSR count). The number of rotatable bonds is 2. The minimum Gasteiger partial charge on any atom is -0.477 e. The Morgan fingerprint density at radius 1 is 1.64 bits per heavy atom. The van der Waals surface area contributed by atoms with Gasteiger partial charge in [0.15, 0.2) is 0 Å². The molecule has 1 N–H and O–H groups in total. The zero-order valence-electron chi connectivity index (χ0n) is 8.35. The second-order valence-corrected chi connectivity index (χ2v) is 5.13. The van der Waals surface area contributed by atoms with E-state index in [2.05, 4.69) is 0 Å². The van der Waals surface area contributed by atoms with Crippen LogP contribution >= 0.6 is 11.8 Å². The highest BCUT2D eigenvalue weighted by molar-refractivity contribution is 8.03. The van der Waals surface area contributed by atoms with Crippen LogP contribution in [-0.4, -0.2) is 27.8 Å². The fraction of sp³-hybridized carbons (Fsp3) is 0.556. The standard InChI is InChI=1S/C9H13NO3S/c1-9(2,3)8-10(5-11)6(4-14-8)7(12)13/h4-5,8H,1-3H3,(H,12,13). The second kappa shape index (κ2) is 3.65. The largest absolute Gasteiger partial charge is 0.477 e. The van der Waals surface area contributed by atoms with Crippen LogP contribution in [0.5, 0.6) is 0 Å². The molecule has 1 aliphatic heterocycles. The zero-order valence-corrected chi connectivity index (χ0v) is 9.17. The summed E-state index contributed by atoms with van der Waals surface area (Å²) in [5.74, 6) is -1.06. The third-order valence-electron chi connectivity index (χ3n) is 1.91. The lowest BCUT2D eigenvalue weighted by molar-refractivity contribution is -0.136. The van der Waals surface area contributed by atoms with Crippen LogP contribution in [0.15, 0.2) is 11.1 Å². The molecule has 1 amide bonds. The van der Waals surface area contributed by atoms with Crippen molar-refractivity contribution in [3.8, 4) is 0 Å². The van der Waals surface area contributed by atoms with Gasteiger partial charge in [-0.05, 0) is 5.41 Å². The number of hydrogen-bond donors (Lipinski definition) is 1. The van der Waals surface area contributed by atoms with Crippen molar-refractivity contribution in [2.45, 2.75) is 26.1 Å². The van der Waals surface area contributed by atoms with E-state index in [1.54, 1.807) is 0 Å². The molecule has 0 radical (unpaired) electrons. The lowest BCUT2D eigenvalue weighted by atomic mass is 9.95. The molecule has 4 nitrogen and oxygen atoms in total. The number of nitrogens with zero attached hydrogens (tertiary/aromatic N) is 1. The Bertz CT molecular complexity index is 293. The molecule has 1 aliphatic rings. The summed E-state index contributed by atoms with van der Waals surface area (Å²) in [7, 11) is 0. The zero-order chi connectivity index (χ0) is 10.9. The number of thioether (sulfide) groups is 1. The third kappa shape index (κ3) is 1.92. The summed E-state index contributed by atoms with van der Waals surface area (Å²) in [6, 6.07) is 0. The Morgan fingerprint density at radius 2 is 2.21 bits per heavy atom. The molecule has 0 aromatic carbocycles. The molecule has 1 atom stereocenters. The first-order valence-electron chi connectivity index (χ1n) is 4.20. The summed E-state index contributed by atoms with van der Waals surface area (Å²) >= 11 is 1.37.